The molecule has 1 aliphatic rings. The van der Waals surface area contributed by atoms with Gasteiger partial charge in [0.25, 0.3) is 11.8 Å². The summed E-state index contributed by atoms with van der Waals surface area (Å²) in [5, 5.41) is 3.15. The number of amides is 2. The molecule has 0 atom stereocenters. The van der Waals surface area contributed by atoms with Crippen LogP contribution in [0.2, 0.25) is 0 Å². The Morgan fingerprint density at radius 1 is 0.879 bits per heavy atom. The number of hydrogen-bond donors (Lipinski definition) is 1. The molecule has 2 amide bonds. The van der Waals surface area contributed by atoms with Crippen LogP contribution in [0, 0.1) is 0 Å². The van der Waals surface area contributed by atoms with Gasteiger partial charge in [-0.25, -0.2) is 4.90 Å². The highest BCUT2D eigenvalue weighted by Crippen LogP contribution is 2.39. The van der Waals surface area contributed by atoms with Gasteiger partial charge in [0.1, 0.15) is 22.1 Å². The van der Waals surface area contributed by atoms with Gasteiger partial charge in [-0.15, -0.1) is 0 Å². The first kappa shape index (κ1) is 22.5. The maximum Gasteiger partial charge on any atom is 0.283 e. The van der Waals surface area contributed by atoms with Gasteiger partial charge in [0.2, 0.25) is 0 Å². The Morgan fingerprint density at radius 2 is 1.61 bits per heavy atom. The lowest BCUT2D eigenvalue weighted by Crippen LogP contribution is -2.32. The molecule has 0 radical (unpaired) electrons. The van der Waals surface area contributed by atoms with Crippen molar-refractivity contribution in [2.75, 3.05) is 24.4 Å². The molecule has 1 heterocycles. The number of carbonyl (C=O) groups is 2. The number of hydrogen-bond acceptors (Lipinski definition) is 6. The molecule has 1 N–H and O–H groups in total. The Labute approximate surface area is 197 Å². The quantitative estimate of drug-likeness (QED) is 0.463. The lowest BCUT2D eigenvalue weighted by atomic mass is 10.1. The summed E-state index contributed by atoms with van der Waals surface area (Å²) in [7, 11) is 3.11. The number of benzene rings is 3. The average Bonchev–Trinajstić information content (AvgIpc) is 3.08. The van der Waals surface area contributed by atoms with Crippen molar-refractivity contribution >= 4 is 35.0 Å². The molecule has 0 bridgehead atoms. The molecule has 0 aromatic heterocycles. The molecule has 6 nitrogen and oxygen atoms in total. The number of anilines is 2. The monoisotopic (exact) mass is 460 g/mol. The fourth-order valence-electron chi connectivity index (χ4n) is 3.48. The zero-order valence-corrected chi connectivity index (χ0v) is 19.4. The third kappa shape index (κ3) is 4.59. The molecule has 0 saturated carbocycles. The molecule has 1 aliphatic heterocycles. The highest BCUT2D eigenvalue weighted by Gasteiger charge is 2.40. The van der Waals surface area contributed by atoms with Crippen molar-refractivity contribution in [3.05, 3.63) is 89.0 Å². The van der Waals surface area contributed by atoms with Gasteiger partial charge < -0.3 is 14.8 Å². The van der Waals surface area contributed by atoms with Crippen LogP contribution < -0.4 is 19.7 Å². The standard InChI is InChI=1S/C26H24N2O4S/c1-4-17-10-12-18(13-11-17)28-25(29)23(24(26(28)30)33-20-8-6-5-7-9-20)27-21-16-19(31-2)14-15-22(21)32-3/h5-16,27H,4H2,1-3H3. The Kier molecular flexibility index (Phi) is 6.70. The number of nitrogens with zero attached hydrogens (tertiary/aromatic N) is 1. The maximum atomic E-state index is 13.5. The van der Waals surface area contributed by atoms with Gasteiger partial charge in [-0.3, -0.25) is 9.59 Å². The minimum atomic E-state index is -0.424. The molecule has 0 spiro atoms. The molecule has 0 aliphatic carbocycles. The van der Waals surface area contributed by atoms with E-state index in [9.17, 15) is 9.59 Å². The van der Waals surface area contributed by atoms with Gasteiger partial charge in [-0.1, -0.05) is 49.0 Å². The van der Waals surface area contributed by atoms with Gasteiger partial charge in [0.05, 0.1) is 25.6 Å². The van der Waals surface area contributed by atoms with Crippen LogP contribution in [0.25, 0.3) is 0 Å². The summed E-state index contributed by atoms with van der Waals surface area (Å²) in [4.78, 5) is 29.4. The molecule has 3 aromatic rings. The Bertz CT molecular complexity index is 1210. The second kappa shape index (κ2) is 9.83. The van der Waals surface area contributed by atoms with Crippen LogP contribution in [0.4, 0.5) is 11.4 Å². The van der Waals surface area contributed by atoms with Gasteiger partial charge in [0.15, 0.2) is 0 Å². The van der Waals surface area contributed by atoms with E-state index in [1.54, 1.807) is 44.6 Å². The SMILES string of the molecule is CCc1ccc(N2C(=O)C(Nc3cc(OC)ccc3OC)=C(Sc3ccccc3)C2=O)cc1. The summed E-state index contributed by atoms with van der Waals surface area (Å²) in [5.74, 6) is 0.327. The van der Waals surface area contributed by atoms with E-state index < -0.39 is 5.91 Å². The predicted molar refractivity (Wildman–Crippen MR) is 131 cm³/mol. The summed E-state index contributed by atoms with van der Waals surface area (Å²) in [6.07, 6.45) is 0.873. The largest absolute Gasteiger partial charge is 0.497 e. The van der Waals surface area contributed by atoms with Crippen molar-refractivity contribution in [3.8, 4) is 11.5 Å². The molecule has 4 rings (SSSR count). The number of imide groups is 1. The van der Waals surface area contributed by atoms with Crippen molar-refractivity contribution in [2.24, 2.45) is 0 Å². The van der Waals surface area contributed by atoms with Crippen LogP contribution in [-0.4, -0.2) is 26.0 Å². The topological polar surface area (TPSA) is 67.9 Å². The van der Waals surface area contributed by atoms with E-state index in [4.69, 9.17) is 9.47 Å². The smallest absolute Gasteiger partial charge is 0.283 e. The van der Waals surface area contributed by atoms with Crippen LogP contribution >= 0.6 is 11.8 Å². The van der Waals surface area contributed by atoms with Crippen molar-refractivity contribution in [2.45, 2.75) is 18.2 Å². The minimum Gasteiger partial charge on any atom is -0.497 e. The van der Waals surface area contributed by atoms with E-state index in [0.717, 1.165) is 16.9 Å². The fourth-order valence-corrected chi connectivity index (χ4v) is 4.43. The number of methoxy groups -OCH3 is 2. The van der Waals surface area contributed by atoms with Gasteiger partial charge in [-0.2, -0.15) is 0 Å². The average molecular weight is 461 g/mol. The van der Waals surface area contributed by atoms with E-state index >= 15 is 0 Å². The Morgan fingerprint density at radius 3 is 2.24 bits per heavy atom. The molecule has 7 heteroatoms. The van der Waals surface area contributed by atoms with E-state index in [-0.39, 0.29) is 11.6 Å². The summed E-state index contributed by atoms with van der Waals surface area (Å²) in [6, 6.07) is 22.2. The minimum absolute atomic E-state index is 0.194. The van der Waals surface area contributed by atoms with Crippen LogP contribution in [-0.2, 0) is 16.0 Å². The van der Waals surface area contributed by atoms with Crippen molar-refractivity contribution in [1.82, 2.24) is 0 Å². The lowest BCUT2D eigenvalue weighted by Gasteiger charge is -2.16. The highest BCUT2D eigenvalue weighted by molar-refractivity contribution is 8.04. The second-order valence-corrected chi connectivity index (χ2v) is 8.36. The zero-order valence-electron chi connectivity index (χ0n) is 18.6. The van der Waals surface area contributed by atoms with E-state index in [2.05, 4.69) is 12.2 Å². The number of ether oxygens (including phenoxy) is 2. The normalized spacial score (nSPS) is 13.5. The molecule has 168 valence electrons. The molecule has 3 aromatic carbocycles. The zero-order chi connectivity index (χ0) is 23.4. The van der Waals surface area contributed by atoms with E-state index in [0.29, 0.717) is 27.8 Å². The van der Waals surface area contributed by atoms with Crippen LogP contribution in [0.3, 0.4) is 0 Å². The third-order valence-electron chi connectivity index (χ3n) is 5.27. The second-order valence-electron chi connectivity index (χ2n) is 7.28. The van der Waals surface area contributed by atoms with Crippen molar-refractivity contribution in [1.29, 1.82) is 0 Å². The third-order valence-corrected chi connectivity index (χ3v) is 6.36. The van der Waals surface area contributed by atoms with Crippen molar-refractivity contribution in [3.63, 3.8) is 0 Å². The van der Waals surface area contributed by atoms with Crippen molar-refractivity contribution < 1.29 is 19.1 Å². The Balaban J connectivity index is 1.76. The molecule has 0 saturated heterocycles. The first-order valence-corrected chi connectivity index (χ1v) is 11.3. The number of aryl methyl sites for hydroxylation is 1. The Hall–Kier alpha value is -3.71. The van der Waals surface area contributed by atoms with Gasteiger partial charge in [-0.05, 0) is 48.4 Å². The molecule has 33 heavy (non-hydrogen) atoms. The molecular formula is C26H24N2O4S. The number of thioether (sulfide) groups is 1. The highest BCUT2D eigenvalue weighted by atomic mass is 32.2. The lowest BCUT2D eigenvalue weighted by molar-refractivity contribution is -0.120. The summed E-state index contributed by atoms with van der Waals surface area (Å²) in [6.45, 7) is 2.06. The van der Waals surface area contributed by atoms with Crippen LogP contribution in [0.5, 0.6) is 11.5 Å². The fraction of sp³-hybridized carbons (Fsp3) is 0.154. The van der Waals surface area contributed by atoms with Crippen LogP contribution in [0.15, 0.2) is 88.3 Å². The summed E-state index contributed by atoms with van der Waals surface area (Å²) < 4.78 is 10.8. The number of nitrogens with one attached hydrogen (secondary N) is 1. The molecule has 0 fully saturated rings. The molecule has 0 unspecified atom stereocenters. The van der Waals surface area contributed by atoms with E-state index in [1.807, 2.05) is 42.5 Å². The summed E-state index contributed by atoms with van der Waals surface area (Å²) in [5.41, 5.74) is 2.38. The van der Waals surface area contributed by atoms with Gasteiger partial charge >= 0.3 is 0 Å². The van der Waals surface area contributed by atoms with Crippen LogP contribution in [0.1, 0.15) is 12.5 Å². The number of carbonyl (C=O) groups excluding carboxylic acids is 2. The first-order chi connectivity index (χ1) is 16.0. The maximum absolute atomic E-state index is 13.5. The van der Waals surface area contributed by atoms with E-state index in [1.165, 1.54) is 16.7 Å². The summed E-state index contributed by atoms with van der Waals surface area (Å²) >= 11 is 1.25. The molecular weight excluding hydrogens is 436 g/mol. The van der Waals surface area contributed by atoms with Gasteiger partial charge in [0, 0.05) is 11.0 Å². The first-order valence-electron chi connectivity index (χ1n) is 10.5. The number of rotatable bonds is 8. The predicted octanol–water partition coefficient (Wildman–Crippen LogP) is 5.26.